The second-order valence-electron chi connectivity index (χ2n) is 6.59. The summed E-state index contributed by atoms with van der Waals surface area (Å²) in [7, 11) is 0. The molecule has 1 saturated heterocycles. The van der Waals surface area contributed by atoms with Gasteiger partial charge in [0, 0.05) is 25.0 Å². The van der Waals surface area contributed by atoms with E-state index in [0.717, 1.165) is 36.4 Å². The van der Waals surface area contributed by atoms with Gasteiger partial charge in [0.1, 0.15) is 16.3 Å². The summed E-state index contributed by atoms with van der Waals surface area (Å²) in [6, 6.07) is 3.64. The summed E-state index contributed by atoms with van der Waals surface area (Å²) in [5.74, 6) is 1.33. The summed E-state index contributed by atoms with van der Waals surface area (Å²) in [4.78, 5) is 29.2. The van der Waals surface area contributed by atoms with E-state index in [1.807, 2.05) is 24.8 Å². The van der Waals surface area contributed by atoms with E-state index in [1.54, 1.807) is 18.5 Å². The lowest BCUT2D eigenvalue weighted by Crippen LogP contribution is -2.38. The first kappa shape index (κ1) is 17.8. The van der Waals surface area contributed by atoms with E-state index in [4.69, 9.17) is 4.52 Å². The molecular formula is C19H21N5O2S. The highest BCUT2D eigenvalue weighted by Gasteiger charge is 2.33. The Bertz CT molecular complexity index is 937. The standard InChI is InChI=1S/C19H21N5O2S/c1-3-13-16(27-18(22-13)17-20-8-6-9-21-17)19(25)24-10-5-4-7-15(24)14-11-12(2)26-23-14/h6,8-9,11,15H,3-5,7,10H2,1-2H3. The minimum absolute atomic E-state index is 0.0110. The number of rotatable bonds is 4. The van der Waals surface area contributed by atoms with Crippen LogP contribution in [0.4, 0.5) is 0 Å². The molecule has 4 rings (SSSR count). The van der Waals surface area contributed by atoms with Crippen molar-refractivity contribution in [3.63, 3.8) is 0 Å². The van der Waals surface area contributed by atoms with E-state index in [9.17, 15) is 4.79 Å². The van der Waals surface area contributed by atoms with Gasteiger partial charge in [-0.1, -0.05) is 12.1 Å². The van der Waals surface area contributed by atoms with Crippen molar-refractivity contribution in [3.8, 4) is 10.8 Å². The zero-order valence-electron chi connectivity index (χ0n) is 15.4. The van der Waals surface area contributed by atoms with Crippen LogP contribution < -0.4 is 0 Å². The number of nitrogens with zero attached hydrogens (tertiary/aromatic N) is 5. The first-order valence-corrected chi connectivity index (χ1v) is 10.00. The summed E-state index contributed by atoms with van der Waals surface area (Å²) in [6.45, 7) is 4.60. The number of thiazole rings is 1. The van der Waals surface area contributed by atoms with Gasteiger partial charge in [-0.15, -0.1) is 11.3 Å². The van der Waals surface area contributed by atoms with Gasteiger partial charge in [0.05, 0.1) is 11.7 Å². The quantitative estimate of drug-likeness (QED) is 0.681. The van der Waals surface area contributed by atoms with Gasteiger partial charge < -0.3 is 9.42 Å². The van der Waals surface area contributed by atoms with Gasteiger partial charge in [0.2, 0.25) is 0 Å². The van der Waals surface area contributed by atoms with Crippen LogP contribution in [0.1, 0.15) is 59.0 Å². The normalized spacial score (nSPS) is 17.3. The largest absolute Gasteiger partial charge is 0.361 e. The second kappa shape index (κ2) is 7.56. The molecule has 0 bridgehead atoms. The molecule has 8 heteroatoms. The summed E-state index contributed by atoms with van der Waals surface area (Å²) in [5.41, 5.74) is 1.63. The summed E-state index contributed by atoms with van der Waals surface area (Å²) >= 11 is 1.37. The van der Waals surface area contributed by atoms with E-state index in [2.05, 4.69) is 20.1 Å². The van der Waals surface area contributed by atoms with Gasteiger partial charge in [-0.05, 0) is 38.7 Å². The van der Waals surface area contributed by atoms with Crippen molar-refractivity contribution in [2.45, 2.75) is 45.6 Å². The fraction of sp³-hybridized carbons (Fsp3) is 0.421. The van der Waals surface area contributed by atoms with E-state index in [0.29, 0.717) is 28.7 Å². The van der Waals surface area contributed by atoms with Gasteiger partial charge in [0.25, 0.3) is 5.91 Å². The number of hydrogen-bond donors (Lipinski definition) is 0. The number of carbonyl (C=O) groups is 1. The van der Waals surface area contributed by atoms with Crippen LogP contribution in [0.2, 0.25) is 0 Å². The molecular weight excluding hydrogens is 362 g/mol. The minimum atomic E-state index is -0.0491. The molecule has 0 spiro atoms. The van der Waals surface area contributed by atoms with Crippen molar-refractivity contribution in [2.24, 2.45) is 0 Å². The predicted molar refractivity (Wildman–Crippen MR) is 101 cm³/mol. The van der Waals surface area contributed by atoms with E-state index < -0.39 is 0 Å². The smallest absolute Gasteiger partial charge is 0.266 e. The SMILES string of the molecule is CCc1nc(-c2ncccn2)sc1C(=O)N1CCCCC1c1cc(C)on1. The average Bonchev–Trinajstić information content (AvgIpc) is 3.34. The number of aryl methyl sites for hydroxylation is 2. The number of likely N-dealkylation sites (tertiary alicyclic amines) is 1. The lowest BCUT2D eigenvalue weighted by atomic mass is 9.98. The van der Waals surface area contributed by atoms with Crippen LogP contribution in [-0.2, 0) is 6.42 Å². The Labute approximate surface area is 161 Å². The summed E-state index contributed by atoms with van der Waals surface area (Å²) in [5, 5.41) is 4.84. The molecule has 1 aliphatic rings. The Morgan fingerprint density at radius 3 is 2.85 bits per heavy atom. The Hall–Kier alpha value is -2.61. The average molecular weight is 383 g/mol. The van der Waals surface area contributed by atoms with Crippen LogP contribution in [0.25, 0.3) is 10.8 Å². The van der Waals surface area contributed by atoms with Crippen molar-refractivity contribution < 1.29 is 9.32 Å². The van der Waals surface area contributed by atoms with Crippen LogP contribution in [0.15, 0.2) is 29.0 Å². The molecule has 0 aromatic carbocycles. The van der Waals surface area contributed by atoms with Crippen molar-refractivity contribution in [1.82, 2.24) is 25.0 Å². The Morgan fingerprint density at radius 2 is 2.15 bits per heavy atom. The highest BCUT2D eigenvalue weighted by molar-refractivity contribution is 7.17. The molecule has 3 aromatic heterocycles. The Kier molecular flexibility index (Phi) is 4.98. The molecule has 0 aliphatic carbocycles. The molecule has 1 unspecified atom stereocenters. The monoisotopic (exact) mass is 383 g/mol. The molecule has 27 heavy (non-hydrogen) atoms. The molecule has 4 heterocycles. The fourth-order valence-corrected chi connectivity index (χ4v) is 4.48. The summed E-state index contributed by atoms with van der Waals surface area (Å²) < 4.78 is 5.24. The van der Waals surface area contributed by atoms with Crippen LogP contribution in [0.3, 0.4) is 0 Å². The van der Waals surface area contributed by atoms with Gasteiger partial charge in [-0.25, -0.2) is 15.0 Å². The first-order chi connectivity index (χ1) is 13.2. The topological polar surface area (TPSA) is 85.0 Å². The molecule has 140 valence electrons. The minimum Gasteiger partial charge on any atom is -0.361 e. The number of piperidine rings is 1. The molecule has 3 aromatic rings. The van der Waals surface area contributed by atoms with Crippen molar-refractivity contribution in [2.75, 3.05) is 6.54 Å². The fourth-order valence-electron chi connectivity index (χ4n) is 3.42. The maximum Gasteiger partial charge on any atom is 0.266 e. The molecule has 1 atom stereocenters. The molecule has 0 saturated carbocycles. The molecule has 0 N–H and O–H groups in total. The number of amides is 1. The maximum atomic E-state index is 13.4. The van der Waals surface area contributed by atoms with E-state index >= 15 is 0 Å². The van der Waals surface area contributed by atoms with Crippen molar-refractivity contribution in [1.29, 1.82) is 0 Å². The van der Waals surface area contributed by atoms with Crippen molar-refractivity contribution >= 4 is 17.2 Å². The molecule has 0 radical (unpaired) electrons. The van der Waals surface area contributed by atoms with Crippen LogP contribution in [0, 0.1) is 6.92 Å². The van der Waals surface area contributed by atoms with Crippen LogP contribution >= 0.6 is 11.3 Å². The zero-order valence-corrected chi connectivity index (χ0v) is 16.2. The molecule has 1 fully saturated rings. The van der Waals surface area contributed by atoms with Gasteiger partial charge in [-0.2, -0.15) is 0 Å². The van der Waals surface area contributed by atoms with Crippen LogP contribution in [-0.4, -0.2) is 37.5 Å². The molecule has 1 aliphatic heterocycles. The lowest BCUT2D eigenvalue weighted by Gasteiger charge is -2.34. The van der Waals surface area contributed by atoms with Gasteiger partial charge >= 0.3 is 0 Å². The maximum absolute atomic E-state index is 13.4. The number of aromatic nitrogens is 4. The Balaban J connectivity index is 1.67. The molecule has 1 amide bonds. The van der Waals surface area contributed by atoms with Crippen molar-refractivity contribution in [3.05, 3.63) is 46.6 Å². The third-order valence-corrected chi connectivity index (χ3v) is 5.82. The predicted octanol–water partition coefficient (Wildman–Crippen LogP) is 3.83. The van der Waals surface area contributed by atoms with Gasteiger partial charge in [0.15, 0.2) is 10.8 Å². The second-order valence-corrected chi connectivity index (χ2v) is 7.59. The third-order valence-electron chi connectivity index (χ3n) is 4.73. The highest BCUT2D eigenvalue weighted by atomic mass is 32.1. The number of hydrogen-bond acceptors (Lipinski definition) is 7. The molecule has 7 nitrogen and oxygen atoms in total. The summed E-state index contributed by atoms with van der Waals surface area (Å²) in [6.07, 6.45) is 7.02. The van der Waals surface area contributed by atoms with Gasteiger partial charge in [-0.3, -0.25) is 4.79 Å². The van der Waals surface area contributed by atoms with Crippen LogP contribution in [0.5, 0.6) is 0 Å². The van der Waals surface area contributed by atoms with E-state index in [-0.39, 0.29) is 11.9 Å². The lowest BCUT2D eigenvalue weighted by molar-refractivity contribution is 0.0605. The first-order valence-electron chi connectivity index (χ1n) is 9.18. The Morgan fingerprint density at radius 1 is 1.33 bits per heavy atom. The zero-order chi connectivity index (χ0) is 18.8. The highest BCUT2D eigenvalue weighted by Crippen LogP contribution is 2.34. The number of carbonyl (C=O) groups excluding carboxylic acids is 1. The third kappa shape index (κ3) is 3.49. The van der Waals surface area contributed by atoms with E-state index in [1.165, 1.54) is 11.3 Å².